The Balaban J connectivity index is 2.03. The Morgan fingerprint density at radius 3 is 1.90 bits per heavy atom. The molecule has 0 saturated heterocycles. The first-order valence-electron chi connectivity index (χ1n) is 9.79. The van der Waals surface area contributed by atoms with Crippen LogP contribution >= 0.6 is 0 Å². The molecule has 0 spiro atoms. The van der Waals surface area contributed by atoms with Crippen LogP contribution in [0, 0.1) is 10.1 Å². The molecule has 1 aromatic heterocycles. The molecule has 0 bridgehead atoms. The average molecular weight is 413 g/mol. The molecule has 154 valence electrons. The number of benzene rings is 3. The summed E-state index contributed by atoms with van der Waals surface area (Å²) < 4.78 is 11.6. The van der Waals surface area contributed by atoms with Gasteiger partial charge < -0.3 is 9.15 Å². The minimum atomic E-state index is -0.513. The van der Waals surface area contributed by atoms with Gasteiger partial charge in [-0.2, -0.15) is 0 Å². The summed E-state index contributed by atoms with van der Waals surface area (Å²) in [6, 6.07) is 24.8. The number of furan rings is 1. The molecule has 0 amide bonds. The van der Waals surface area contributed by atoms with Gasteiger partial charge in [-0.15, -0.1) is 0 Å². The van der Waals surface area contributed by atoms with Crippen LogP contribution < -0.4 is 0 Å². The first-order chi connectivity index (χ1) is 15.1. The van der Waals surface area contributed by atoms with Gasteiger partial charge in [0.15, 0.2) is 0 Å². The van der Waals surface area contributed by atoms with E-state index in [-0.39, 0.29) is 12.3 Å². The van der Waals surface area contributed by atoms with Gasteiger partial charge >= 0.3 is 5.97 Å². The van der Waals surface area contributed by atoms with Gasteiger partial charge in [0.2, 0.25) is 0 Å². The third kappa shape index (κ3) is 3.96. The van der Waals surface area contributed by atoms with Crippen molar-refractivity contribution >= 4 is 11.7 Å². The van der Waals surface area contributed by atoms with Crippen molar-refractivity contribution < 1.29 is 18.9 Å². The van der Waals surface area contributed by atoms with Crippen LogP contribution in [0.3, 0.4) is 0 Å². The van der Waals surface area contributed by atoms with E-state index in [9.17, 15) is 14.9 Å². The van der Waals surface area contributed by atoms with Crippen LogP contribution in [0.1, 0.15) is 17.3 Å². The second-order valence-electron chi connectivity index (χ2n) is 6.77. The van der Waals surface area contributed by atoms with Crippen molar-refractivity contribution in [2.24, 2.45) is 0 Å². The maximum absolute atomic E-state index is 13.1. The maximum atomic E-state index is 13.1. The second-order valence-corrected chi connectivity index (χ2v) is 6.77. The molecule has 0 radical (unpaired) electrons. The third-order valence-corrected chi connectivity index (χ3v) is 4.83. The fraction of sp³-hybridized carbons (Fsp3) is 0.0800. The molecular formula is C25H19NO5. The first-order valence-corrected chi connectivity index (χ1v) is 9.79. The zero-order valence-corrected chi connectivity index (χ0v) is 16.8. The van der Waals surface area contributed by atoms with E-state index in [0.29, 0.717) is 28.2 Å². The Bertz CT molecular complexity index is 1210. The summed E-state index contributed by atoms with van der Waals surface area (Å²) in [5.74, 6) is 0.378. The number of carbonyl (C=O) groups is 1. The highest BCUT2D eigenvalue weighted by atomic mass is 16.6. The average Bonchev–Trinajstić information content (AvgIpc) is 3.21. The Morgan fingerprint density at radius 2 is 1.39 bits per heavy atom. The van der Waals surface area contributed by atoms with E-state index in [1.54, 1.807) is 19.1 Å². The van der Waals surface area contributed by atoms with E-state index in [2.05, 4.69) is 0 Å². The van der Waals surface area contributed by atoms with Crippen LogP contribution in [-0.2, 0) is 4.74 Å². The molecule has 31 heavy (non-hydrogen) atoms. The summed E-state index contributed by atoms with van der Waals surface area (Å²) in [4.78, 5) is 23.7. The number of nitrogens with zero attached hydrogens (tertiary/aromatic N) is 1. The van der Waals surface area contributed by atoms with Crippen LogP contribution in [-0.4, -0.2) is 17.5 Å². The van der Waals surface area contributed by atoms with E-state index in [0.717, 1.165) is 11.1 Å². The number of carbonyl (C=O) groups excluding carboxylic acids is 1. The molecule has 4 rings (SSSR count). The SMILES string of the molecule is CCOC(=O)c1c(-c2ccccc2)oc(-c2ccccc2)c1-c1ccc([N+](=O)[O-])cc1. The Hall–Kier alpha value is -4.19. The predicted octanol–water partition coefficient (Wildman–Crippen LogP) is 6.37. The number of non-ortho nitro benzene ring substituents is 1. The molecule has 0 saturated carbocycles. The van der Waals surface area contributed by atoms with Crippen LogP contribution in [0.2, 0.25) is 0 Å². The fourth-order valence-electron chi connectivity index (χ4n) is 3.44. The van der Waals surface area contributed by atoms with Crippen molar-refractivity contribution in [2.45, 2.75) is 6.92 Å². The number of hydrogen-bond donors (Lipinski definition) is 0. The fourth-order valence-corrected chi connectivity index (χ4v) is 3.44. The first kappa shape index (κ1) is 20.1. The molecule has 0 atom stereocenters. The van der Waals surface area contributed by atoms with Crippen LogP contribution in [0.4, 0.5) is 5.69 Å². The molecule has 3 aromatic carbocycles. The van der Waals surface area contributed by atoms with E-state index in [1.807, 2.05) is 60.7 Å². The van der Waals surface area contributed by atoms with Gasteiger partial charge in [-0.25, -0.2) is 4.79 Å². The molecule has 0 fully saturated rings. The molecule has 4 aromatic rings. The van der Waals surface area contributed by atoms with Crippen molar-refractivity contribution in [3.8, 4) is 33.8 Å². The van der Waals surface area contributed by atoms with Crippen molar-refractivity contribution in [3.05, 3.63) is 101 Å². The van der Waals surface area contributed by atoms with Gasteiger partial charge in [-0.3, -0.25) is 10.1 Å². The molecular weight excluding hydrogens is 394 g/mol. The topological polar surface area (TPSA) is 82.6 Å². The summed E-state index contributed by atoms with van der Waals surface area (Å²) >= 11 is 0. The number of rotatable bonds is 6. The number of ether oxygens (including phenoxy) is 1. The number of nitro benzene ring substituents is 1. The minimum Gasteiger partial charge on any atom is -0.462 e. The summed E-state index contributed by atoms with van der Waals surface area (Å²) in [6.07, 6.45) is 0. The Morgan fingerprint density at radius 1 is 0.839 bits per heavy atom. The zero-order valence-electron chi connectivity index (χ0n) is 16.8. The smallest absolute Gasteiger partial charge is 0.342 e. The minimum absolute atomic E-state index is 0.0329. The quantitative estimate of drug-likeness (QED) is 0.208. The summed E-state index contributed by atoms with van der Waals surface area (Å²) in [5, 5.41) is 11.1. The van der Waals surface area contributed by atoms with Gasteiger partial charge in [0.25, 0.3) is 5.69 Å². The van der Waals surface area contributed by atoms with Crippen molar-refractivity contribution in [3.63, 3.8) is 0 Å². The Labute approximate surface area is 178 Å². The van der Waals surface area contributed by atoms with Crippen LogP contribution in [0.25, 0.3) is 33.8 Å². The third-order valence-electron chi connectivity index (χ3n) is 4.83. The van der Waals surface area contributed by atoms with Crippen LogP contribution in [0.5, 0.6) is 0 Å². The van der Waals surface area contributed by atoms with E-state index in [1.165, 1.54) is 12.1 Å². The van der Waals surface area contributed by atoms with Gasteiger partial charge in [0, 0.05) is 28.8 Å². The zero-order chi connectivity index (χ0) is 21.8. The molecule has 0 unspecified atom stereocenters. The van der Waals surface area contributed by atoms with Gasteiger partial charge in [-0.05, 0) is 24.6 Å². The second kappa shape index (κ2) is 8.67. The van der Waals surface area contributed by atoms with Gasteiger partial charge in [0.05, 0.1) is 11.5 Å². The number of esters is 1. The lowest BCUT2D eigenvalue weighted by Crippen LogP contribution is -2.06. The number of nitro groups is 1. The monoisotopic (exact) mass is 413 g/mol. The summed E-state index contributed by atoms with van der Waals surface area (Å²) in [6.45, 7) is 1.95. The molecule has 6 nitrogen and oxygen atoms in total. The number of hydrogen-bond acceptors (Lipinski definition) is 5. The predicted molar refractivity (Wildman–Crippen MR) is 118 cm³/mol. The van der Waals surface area contributed by atoms with E-state index < -0.39 is 10.9 Å². The molecule has 0 N–H and O–H groups in total. The molecule has 6 heteroatoms. The molecule has 1 heterocycles. The lowest BCUT2D eigenvalue weighted by Gasteiger charge is -2.07. The lowest BCUT2D eigenvalue weighted by atomic mass is 9.95. The van der Waals surface area contributed by atoms with Crippen molar-refractivity contribution in [1.82, 2.24) is 0 Å². The van der Waals surface area contributed by atoms with E-state index in [4.69, 9.17) is 9.15 Å². The summed E-state index contributed by atoms with van der Waals surface area (Å²) in [5.41, 5.74) is 2.94. The highest BCUT2D eigenvalue weighted by Crippen LogP contribution is 2.43. The normalized spacial score (nSPS) is 10.6. The van der Waals surface area contributed by atoms with Crippen molar-refractivity contribution in [2.75, 3.05) is 6.61 Å². The lowest BCUT2D eigenvalue weighted by molar-refractivity contribution is -0.384. The van der Waals surface area contributed by atoms with Crippen molar-refractivity contribution in [1.29, 1.82) is 0 Å². The summed E-state index contributed by atoms with van der Waals surface area (Å²) in [7, 11) is 0. The molecule has 0 aliphatic rings. The standard InChI is InChI=1S/C25H19NO5/c1-2-30-25(27)22-21(17-13-15-20(16-14-17)26(28)29)23(18-9-5-3-6-10-18)31-24(22)19-11-7-4-8-12-19/h3-16H,2H2,1H3. The molecule has 0 aliphatic heterocycles. The van der Waals surface area contributed by atoms with Crippen LogP contribution in [0.15, 0.2) is 89.3 Å². The maximum Gasteiger partial charge on any atom is 0.342 e. The highest BCUT2D eigenvalue weighted by Gasteiger charge is 2.29. The van der Waals surface area contributed by atoms with Gasteiger partial charge in [-0.1, -0.05) is 60.7 Å². The highest BCUT2D eigenvalue weighted by molar-refractivity contribution is 6.06. The van der Waals surface area contributed by atoms with Gasteiger partial charge in [0.1, 0.15) is 17.1 Å². The largest absolute Gasteiger partial charge is 0.462 e. The molecule has 0 aliphatic carbocycles. The Kier molecular flexibility index (Phi) is 5.62. The van der Waals surface area contributed by atoms with E-state index >= 15 is 0 Å².